The lowest BCUT2D eigenvalue weighted by Crippen LogP contribution is -2.38. The molecule has 17 heavy (non-hydrogen) atoms. The molecule has 0 bridgehead atoms. The lowest BCUT2D eigenvalue weighted by atomic mass is 10.2. The molecular formula is C14H21N3. The lowest BCUT2D eigenvalue weighted by Gasteiger charge is -2.20. The first kappa shape index (κ1) is 11.0. The van der Waals surface area contributed by atoms with E-state index in [1.165, 1.54) is 32.1 Å². The zero-order valence-electron chi connectivity index (χ0n) is 10.3. The molecule has 3 heteroatoms. The van der Waals surface area contributed by atoms with Crippen LogP contribution in [0.15, 0.2) is 24.4 Å². The van der Waals surface area contributed by atoms with Crippen LogP contribution < -0.4 is 10.2 Å². The molecule has 3 rings (SSSR count). The minimum absolute atomic E-state index is 0.667. The summed E-state index contributed by atoms with van der Waals surface area (Å²) >= 11 is 0. The lowest BCUT2D eigenvalue weighted by molar-refractivity contribution is 0.451. The predicted molar refractivity (Wildman–Crippen MR) is 70.2 cm³/mol. The van der Waals surface area contributed by atoms with Gasteiger partial charge in [0.1, 0.15) is 5.82 Å². The van der Waals surface area contributed by atoms with Gasteiger partial charge in [0.2, 0.25) is 0 Å². The fourth-order valence-corrected chi connectivity index (χ4v) is 3.07. The first-order valence-corrected chi connectivity index (χ1v) is 6.84. The third kappa shape index (κ3) is 2.60. The van der Waals surface area contributed by atoms with Gasteiger partial charge >= 0.3 is 0 Å². The van der Waals surface area contributed by atoms with Crippen LogP contribution in [0.2, 0.25) is 0 Å². The van der Waals surface area contributed by atoms with Crippen molar-refractivity contribution in [1.82, 2.24) is 10.3 Å². The summed E-state index contributed by atoms with van der Waals surface area (Å²) in [6, 6.07) is 7.61. The van der Waals surface area contributed by atoms with Crippen LogP contribution in [0.3, 0.4) is 0 Å². The van der Waals surface area contributed by atoms with E-state index < -0.39 is 0 Å². The molecule has 2 heterocycles. The van der Waals surface area contributed by atoms with Crippen LogP contribution in [0.4, 0.5) is 5.82 Å². The van der Waals surface area contributed by atoms with Gasteiger partial charge in [-0.1, -0.05) is 18.9 Å². The predicted octanol–water partition coefficient (Wildman–Crippen LogP) is 2.19. The molecule has 2 fully saturated rings. The van der Waals surface area contributed by atoms with Gasteiger partial charge in [0, 0.05) is 31.4 Å². The van der Waals surface area contributed by atoms with Crippen molar-refractivity contribution in [2.45, 2.75) is 44.2 Å². The van der Waals surface area contributed by atoms with Crippen LogP contribution in [0.5, 0.6) is 0 Å². The van der Waals surface area contributed by atoms with E-state index in [-0.39, 0.29) is 0 Å². The van der Waals surface area contributed by atoms with E-state index in [4.69, 9.17) is 0 Å². The SMILES string of the molecule is c1ccc(N2CCC(NC3CCCC3)C2)nc1. The Balaban J connectivity index is 1.55. The molecule has 1 aliphatic carbocycles. The number of anilines is 1. The number of nitrogens with one attached hydrogen (secondary N) is 1. The molecule has 0 spiro atoms. The number of aromatic nitrogens is 1. The van der Waals surface area contributed by atoms with Crippen molar-refractivity contribution in [3.8, 4) is 0 Å². The van der Waals surface area contributed by atoms with E-state index in [9.17, 15) is 0 Å². The summed E-state index contributed by atoms with van der Waals surface area (Å²) in [5, 5.41) is 3.81. The first-order valence-electron chi connectivity index (χ1n) is 6.84. The molecule has 1 aromatic heterocycles. The summed E-state index contributed by atoms with van der Waals surface area (Å²) in [7, 11) is 0. The fraction of sp³-hybridized carbons (Fsp3) is 0.643. The highest BCUT2D eigenvalue weighted by Gasteiger charge is 2.26. The molecule has 1 atom stereocenters. The molecule has 2 aliphatic rings. The quantitative estimate of drug-likeness (QED) is 0.864. The zero-order valence-corrected chi connectivity index (χ0v) is 10.3. The van der Waals surface area contributed by atoms with Crippen molar-refractivity contribution < 1.29 is 0 Å². The smallest absolute Gasteiger partial charge is 0.128 e. The monoisotopic (exact) mass is 231 g/mol. The standard InChI is InChI=1S/C14H21N3/c1-2-6-12(5-1)16-13-8-10-17(11-13)14-7-3-4-9-15-14/h3-4,7,9,12-13,16H,1-2,5-6,8,10-11H2. The highest BCUT2D eigenvalue weighted by atomic mass is 15.2. The van der Waals surface area contributed by atoms with Crippen molar-refractivity contribution >= 4 is 5.82 Å². The molecule has 1 aromatic rings. The van der Waals surface area contributed by atoms with E-state index in [0.717, 1.165) is 24.9 Å². The van der Waals surface area contributed by atoms with E-state index >= 15 is 0 Å². The van der Waals surface area contributed by atoms with Crippen molar-refractivity contribution in [2.75, 3.05) is 18.0 Å². The van der Waals surface area contributed by atoms with Gasteiger partial charge in [-0.2, -0.15) is 0 Å². The molecular weight excluding hydrogens is 210 g/mol. The first-order chi connectivity index (χ1) is 8.42. The van der Waals surface area contributed by atoms with E-state index in [1.54, 1.807) is 0 Å². The summed E-state index contributed by atoms with van der Waals surface area (Å²) < 4.78 is 0. The Bertz CT molecular complexity index is 346. The van der Waals surface area contributed by atoms with Crippen LogP contribution in [-0.4, -0.2) is 30.2 Å². The molecule has 1 saturated carbocycles. The van der Waals surface area contributed by atoms with Gasteiger partial charge in [0.15, 0.2) is 0 Å². The average molecular weight is 231 g/mol. The van der Waals surface area contributed by atoms with Gasteiger partial charge in [-0.3, -0.25) is 0 Å². The molecule has 92 valence electrons. The Morgan fingerprint density at radius 1 is 1.12 bits per heavy atom. The van der Waals surface area contributed by atoms with Crippen LogP contribution in [0.1, 0.15) is 32.1 Å². The Morgan fingerprint density at radius 2 is 2.00 bits per heavy atom. The number of nitrogens with zero attached hydrogens (tertiary/aromatic N) is 2. The van der Waals surface area contributed by atoms with Crippen LogP contribution >= 0.6 is 0 Å². The van der Waals surface area contributed by atoms with E-state index in [1.807, 2.05) is 12.3 Å². The van der Waals surface area contributed by atoms with Gasteiger partial charge in [-0.05, 0) is 31.4 Å². The second-order valence-electron chi connectivity index (χ2n) is 5.27. The third-order valence-corrected chi connectivity index (χ3v) is 3.99. The van der Waals surface area contributed by atoms with Crippen molar-refractivity contribution in [1.29, 1.82) is 0 Å². The molecule has 1 N–H and O–H groups in total. The zero-order chi connectivity index (χ0) is 11.5. The van der Waals surface area contributed by atoms with Crippen molar-refractivity contribution in [2.24, 2.45) is 0 Å². The Hall–Kier alpha value is -1.09. The largest absolute Gasteiger partial charge is 0.355 e. The molecule has 1 unspecified atom stereocenters. The van der Waals surface area contributed by atoms with Gasteiger partial charge in [0.25, 0.3) is 0 Å². The van der Waals surface area contributed by atoms with Gasteiger partial charge in [0.05, 0.1) is 0 Å². The summed E-state index contributed by atoms with van der Waals surface area (Å²) in [6.07, 6.45) is 8.71. The van der Waals surface area contributed by atoms with Crippen LogP contribution in [0, 0.1) is 0 Å². The Labute approximate surface area is 103 Å². The van der Waals surface area contributed by atoms with Gasteiger partial charge in [-0.15, -0.1) is 0 Å². The number of hydrogen-bond donors (Lipinski definition) is 1. The second-order valence-corrected chi connectivity index (χ2v) is 5.27. The molecule has 0 radical (unpaired) electrons. The summed E-state index contributed by atoms with van der Waals surface area (Å²) in [5.74, 6) is 1.13. The van der Waals surface area contributed by atoms with Crippen molar-refractivity contribution in [3.05, 3.63) is 24.4 Å². The Morgan fingerprint density at radius 3 is 2.76 bits per heavy atom. The van der Waals surface area contributed by atoms with Crippen LogP contribution in [-0.2, 0) is 0 Å². The summed E-state index contributed by atoms with van der Waals surface area (Å²) in [4.78, 5) is 6.82. The normalized spacial score (nSPS) is 25.6. The molecule has 0 aromatic carbocycles. The highest BCUT2D eigenvalue weighted by Crippen LogP contribution is 2.22. The molecule has 1 saturated heterocycles. The average Bonchev–Trinajstić information content (AvgIpc) is 3.02. The minimum Gasteiger partial charge on any atom is -0.355 e. The van der Waals surface area contributed by atoms with E-state index in [0.29, 0.717) is 6.04 Å². The Kier molecular flexibility index (Phi) is 3.27. The number of pyridine rings is 1. The van der Waals surface area contributed by atoms with Crippen LogP contribution in [0.25, 0.3) is 0 Å². The maximum atomic E-state index is 4.43. The summed E-state index contributed by atoms with van der Waals surface area (Å²) in [5.41, 5.74) is 0. The highest BCUT2D eigenvalue weighted by molar-refractivity contribution is 5.39. The number of rotatable bonds is 3. The second kappa shape index (κ2) is 5.05. The molecule has 1 aliphatic heterocycles. The maximum Gasteiger partial charge on any atom is 0.128 e. The number of hydrogen-bond acceptors (Lipinski definition) is 3. The topological polar surface area (TPSA) is 28.2 Å². The van der Waals surface area contributed by atoms with Crippen molar-refractivity contribution in [3.63, 3.8) is 0 Å². The maximum absolute atomic E-state index is 4.43. The summed E-state index contributed by atoms with van der Waals surface area (Å²) in [6.45, 7) is 2.26. The van der Waals surface area contributed by atoms with Gasteiger partial charge < -0.3 is 10.2 Å². The molecule has 3 nitrogen and oxygen atoms in total. The fourth-order valence-electron chi connectivity index (χ4n) is 3.07. The molecule has 0 amide bonds. The minimum atomic E-state index is 0.667. The van der Waals surface area contributed by atoms with Gasteiger partial charge in [-0.25, -0.2) is 4.98 Å². The van der Waals surface area contributed by atoms with E-state index in [2.05, 4.69) is 27.3 Å². The third-order valence-electron chi connectivity index (χ3n) is 3.99.